The van der Waals surface area contributed by atoms with Crippen molar-refractivity contribution in [3.8, 4) is 0 Å². The van der Waals surface area contributed by atoms with E-state index in [2.05, 4.69) is 9.72 Å². The van der Waals surface area contributed by atoms with Gasteiger partial charge in [-0.1, -0.05) is 0 Å². The maximum Gasteiger partial charge on any atom is 0.330 e. The normalized spacial score (nSPS) is 18.6. The summed E-state index contributed by atoms with van der Waals surface area (Å²) in [7, 11) is 0. The number of hydrogen-bond donors (Lipinski definition) is 1. The standard InChI is InChI=1S/C11H14F4N2OS/c12-9(13)11(14,15)6-18-4-8-17-7(5-19-8)10(16)2-1-3-10/h5,9H,1-4,6,16H2. The lowest BCUT2D eigenvalue weighted by Gasteiger charge is -2.36. The van der Waals surface area contributed by atoms with Crippen molar-refractivity contribution in [1.82, 2.24) is 4.98 Å². The highest BCUT2D eigenvalue weighted by Crippen LogP contribution is 2.38. The molecule has 0 bridgehead atoms. The van der Waals surface area contributed by atoms with Gasteiger partial charge in [0, 0.05) is 5.38 Å². The molecule has 0 saturated heterocycles. The van der Waals surface area contributed by atoms with E-state index < -0.39 is 24.5 Å². The molecule has 1 heterocycles. The van der Waals surface area contributed by atoms with E-state index in [1.54, 1.807) is 5.38 Å². The Morgan fingerprint density at radius 2 is 2.16 bits per heavy atom. The lowest BCUT2D eigenvalue weighted by molar-refractivity contribution is -0.168. The van der Waals surface area contributed by atoms with Crippen LogP contribution in [0.15, 0.2) is 5.38 Å². The number of halogens is 4. The van der Waals surface area contributed by atoms with Crippen molar-refractivity contribution in [2.24, 2.45) is 5.73 Å². The van der Waals surface area contributed by atoms with Gasteiger partial charge in [-0.15, -0.1) is 11.3 Å². The van der Waals surface area contributed by atoms with Gasteiger partial charge < -0.3 is 10.5 Å². The third-order valence-electron chi connectivity index (χ3n) is 3.15. The van der Waals surface area contributed by atoms with E-state index in [-0.39, 0.29) is 6.61 Å². The molecule has 1 fully saturated rings. The van der Waals surface area contributed by atoms with Crippen LogP contribution in [0.3, 0.4) is 0 Å². The average molecular weight is 298 g/mol. The van der Waals surface area contributed by atoms with Gasteiger partial charge in [0.15, 0.2) is 0 Å². The van der Waals surface area contributed by atoms with E-state index >= 15 is 0 Å². The summed E-state index contributed by atoms with van der Waals surface area (Å²) < 4.78 is 53.6. The largest absolute Gasteiger partial charge is 0.368 e. The highest BCUT2D eigenvalue weighted by atomic mass is 32.1. The predicted octanol–water partition coefficient (Wildman–Crippen LogP) is 2.90. The minimum Gasteiger partial charge on any atom is -0.368 e. The smallest absolute Gasteiger partial charge is 0.330 e. The second kappa shape index (κ2) is 5.34. The summed E-state index contributed by atoms with van der Waals surface area (Å²) in [6.45, 7) is -1.52. The summed E-state index contributed by atoms with van der Waals surface area (Å²) in [5, 5.41) is 2.24. The van der Waals surface area contributed by atoms with Crippen LogP contribution in [-0.4, -0.2) is 23.9 Å². The second-order valence-electron chi connectivity index (χ2n) is 4.69. The van der Waals surface area contributed by atoms with Gasteiger partial charge in [0.2, 0.25) is 0 Å². The van der Waals surface area contributed by atoms with Crippen LogP contribution in [0.4, 0.5) is 17.6 Å². The number of nitrogens with zero attached hydrogens (tertiary/aromatic N) is 1. The quantitative estimate of drug-likeness (QED) is 0.822. The molecule has 0 radical (unpaired) electrons. The van der Waals surface area contributed by atoms with Gasteiger partial charge >= 0.3 is 12.3 Å². The topological polar surface area (TPSA) is 48.1 Å². The first-order valence-electron chi connectivity index (χ1n) is 5.81. The van der Waals surface area contributed by atoms with E-state index in [0.717, 1.165) is 25.0 Å². The van der Waals surface area contributed by atoms with Crippen LogP contribution in [0, 0.1) is 0 Å². The Balaban J connectivity index is 1.84. The number of nitrogens with two attached hydrogens (primary N) is 1. The monoisotopic (exact) mass is 298 g/mol. The summed E-state index contributed by atoms with van der Waals surface area (Å²) >= 11 is 1.24. The molecule has 0 spiro atoms. The van der Waals surface area contributed by atoms with E-state index in [1.807, 2.05) is 0 Å². The molecular weight excluding hydrogens is 284 g/mol. The van der Waals surface area contributed by atoms with E-state index in [4.69, 9.17) is 5.73 Å². The Morgan fingerprint density at radius 1 is 1.47 bits per heavy atom. The third-order valence-corrected chi connectivity index (χ3v) is 3.97. The molecule has 0 aromatic carbocycles. The van der Waals surface area contributed by atoms with Crippen LogP contribution in [0.1, 0.15) is 30.0 Å². The number of aromatic nitrogens is 1. The van der Waals surface area contributed by atoms with Gasteiger partial charge in [0.1, 0.15) is 11.6 Å². The molecule has 1 aliphatic carbocycles. The molecule has 1 aromatic rings. The SMILES string of the molecule is NC1(c2csc(COCC(F)(F)C(F)F)n2)CCC1. The maximum atomic E-state index is 12.6. The van der Waals surface area contributed by atoms with Crippen molar-refractivity contribution in [3.63, 3.8) is 0 Å². The Hall–Kier alpha value is -0.730. The van der Waals surface area contributed by atoms with Crippen LogP contribution in [-0.2, 0) is 16.9 Å². The first kappa shape index (κ1) is 14.7. The van der Waals surface area contributed by atoms with Gasteiger partial charge in [-0.2, -0.15) is 8.78 Å². The third kappa shape index (κ3) is 3.24. The van der Waals surface area contributed by atoms with Crippen LogP contribution >= 0.6 is 11.3 Å². The molecule has 1 saturated carbocycles. The summed E-state index contributed by atoms with van der Waals surface area (Å²) in [5.74, 6) is -4.12. The molecule has 2 N–H and O–H groups in total. The Bertz CT molecular complexity index is 434. The van der Waals surface area contributed by atoms with Gasteiger partial charge in [-0.05, 0) is 19.3 Å². The van der Waals surface area contributed by atoms with Crippen LogP contribution in [0.2, 0.25) is 0 Å². The molecular formula is C11H14F4N2OS. The van der Waals surface area contributed by atoms with Crippen molar-refractivity contribution in [2.75, 3.05) is 6.61 Å². The number of alkyl halides is 4. The molecule has 19 heavy (non-hydrogen) atoms. The van der Waals surface area contributed by atoms with Gasteiger partial charge in [0.05, 0.1) is 17.8 Å². The Labute approximate surface area is 111 Å². The molecule has 0 atom stereocenters. The fraction of sp³-hybridized carbons (Fsp3) is 0.727. The van der Waals surface area contributed by atoms with E-state index in [0.29, 0.717) is 5.01 Å². The van der Waals surface area contributed by atoms with Crippen molar-refractivity contribution in [1.29, 1.82) is 0 Å². The van der Waals surface area contributed by atoms with Crippen molar-refractivity contribution >= 4 is 11.3 Å². The van der Waals surface area contributed by atoms with Gasteiger partial charge in [-0.3, -0.25) is 0 Å². The molecule has 0 aliphatic heterocycles. The molecule has 108 valence electrons. The first-order chi connectivity index (χ1) is 8.83. The van der Waals surface area contributed by atoms with Crippen LogP contribution < -0.4 is 5.73 Å². The molecule has 3 nitrogen and oxygen atoms in total. The number of ether oxygens (including phenoxy) is 1. The second-order valence-corrected chi connectivity index (χ2v) is 5.63. The molecule has 0 unspecified atom stereocenters. The van der Waals surface area contributed by atoms with E-state index in [1.165, 1.54) is 11.3 Å². The van der Waals surface area contributed by atoms with Crippen molar-refractivity contribution < 1.29 is 22.3 Å². The van der Waals surface area contributed by atoms with Gasteiger partial charge in [-0.25, -0.2) is 13.8 Å². The minimum absolute atomic E-state index is 0.205. The Morgan fingerprint density at radius 3 is 2.68 bits per heavy atom. The Kier molecular flexibility index (Phi) is 4.12. The van der Waals surface area contributed by atoms with Crippen LogP contribution in [0.25, 0.3) is 0 Å². The average Bonchev–Trinajstić information content (AvgIpc) is 2.74. The summed E-state index contributed by atoms with van der Waals surface area (Å²) in [5.41, 5.74) is 6.37. The minimum atomic E-state index is -4.12. The highest BCUT2D eigenvalue weighted by Gasteiger charge is 2.41. The molecule has 0 amide bonds. The van der Waals surface area contributed by atoms with Gasteiger partial charge in [0.25, 0.3) is 0 Å². The van der Waals surface area contributed by atoms with E-state index in [9.17, 15) is 17.6 Å². The lowest BCUT2D eigenvalue weighted by Crippen LogP contribution is -2.43. The highest BCUT2D eigenvalue weighted by molar-refractivity contribution is 7.09. The number of rotatable bonds is 6. The zero-order valence-electron chi connectivity index (χ0n) is 10.0. The fourth-order valence-electron chi connectivity index (χ4n) is 1.76. The molecule has 1 aromatic heterocycles. The number of hydrogen-bond acceptors (Lipinski definition) is 4. The maximum absolute atomic E-state index is 12.6. The molecule has 1 aliphatic rings. The van der Waals surface area contributed by atoms with Crippen LogP contribution in [0.5, 0.6) is 0 Å². The van der Waals surface area contributed by atoms with Crippen molar-refractivity contribution in [3.05, 3.63) is 16.1 Å². The predicted molar refractivity (Wildman–Crippen MR) is 62.4 cm³/mol. The molecule has 2 rings (SSSR count). The fourth-order valence-corrected chi connectivity index (χ4v) is 2.59. The zero-order valence-corrected chi connectivity index (χ0v) is 10.9. The summed E-state index contributed by atoms with van der Waals surface area (Å²) in [6, 6.07) is 0. The lowest BCUT2D eigenvalue weighted by atomic mass is 9.76. The zero-order chi connectivity index (χ0) is 14.1. The first-order valence-corrected chi connectivity index (χ1v) is 6.69. The number of thiazole rings is 1. The molecule has 8 heteroatoms. The summed E-state index contributed by atoms with van der Waals surface area (Å²) in [6.07, 6.45) is -0.983. The van der Waals surface area contributed by atoms with Crippen molar-refractivity contribution in [2.45, 2.75) is 43.8 Å². The summed E-state index contributed by atoms with van der Waals surface area (Å²) in [4.78, 5) is 4.20.